The van der Waals surface area contributed by atoms with Crippen LogP contribution in [0, 0.1) is 6.92 Å². The van der Waals surface area contributed by atoms with E-state index in [0.29, 0.717) is 6.54 Å². The highest BCUT2D eigenvalue weighted by atomic mass is 16.3. The number of rotatable bonds is 5. The van der Waals surface area contributed by atoms with Crippen molar-refractivity contribution in [3.63, 3.8) is 0 Å². The first-order chi connectivity index (χ1) is 8.74. The molecule has 0 aromatic carbocycles. The fraction of sp³-hybridized carbons (Fsp3) is 0.733. The quantitative estimate of drug-likeness (QED) is 0.872. The van der Waals surface area contributed by atoms with Crippen molar-refractivity contribution in [3.8, 4) is 0 Å². The average Bonchev–Trinajstić information content (AvgIpc) is 2.77. The van der Waals surface area contributed by atoms with Gasteiger partial charge in [-0.25, -0.2) is 0 Å². The molecule has 1 fully saturated rings. The van der Waals surface area contributed by atoms with Crippen LogP contribution in [0.4, 0.5) is 0 Å². The van der Waals surface area contributed by atoms with Gasteiger partial charge in [0, 0.05) is 6.04 Å². The van der Waals surface area contributed by atoms with Crippen molar-refractivity contribution in [2.24, 2.45) is 5.73 Å². The molecule has 102 valence electrons. The highest BCUT2D eigenvalue weighted by molar-refractivity contribution is 5.19. The van der Waals surface area contributed by atoms with Crippen LogP contribution in [0.2, 0.25) is 0 Å². The maximum atomic E-state index is 5.82. The van der Waals surface area contributed by atoms with Crippen molar-refractivity contribution < 1.29 is 4.42 Å². The molecular formula is C15H26N2O. The Bertz CT molecular complexity index is 367. The van der Waals surface area contributed by atoms with Crippen molar-refractivity contribution in [1.82, 2.24) is 4.90 Å². The normalized spacial score (nSPS) is 17.6. The van der Waals surface area contributed by atoms with Crippen molar-refractivity contribution >= 4 is 0 Å². The summed E-state index contributed by atoms with van der Waals surface area (Å²) in [6.07, 6.45) is 6.86. The van der Waals surface area contributed by atoms with Crippen LogP contribution in [0.3, 0.4) is 0 Å². The molecule has 18 heavy (non-hydrogen) atoms. The lowest BCUT2D eigenvalue weighted by Gasteiger charge is -2.32. The molecule has 0 bridgehead atoms. The van der Waals surface area contributed by atoms with E-state index in [4.69, 9.17) is 10.2 Å². The van der Waals surface area contributed by atoms with Gasteiger partial charge in [0.15, 0.2) is 0 Å². The summed E-state index contributed by atoms with van der Waals surface area (Å²) in [5, 5.41) is 0. The first-order valence-electron chi connectivity index (χ1n) is 7.27. The van der Waals surface area contributed by atoms with Gasteiger partial charge in [0.2, 0.25) is 0 Å². The van der Waals surface area contributed by atoms with E-state index in [-0.39, 0.29) is 0 Å². The monoisotopic (exact) mass is 250 g/mol. The van der Waals surface area contributed by atoms with Crippen LogP contribution < -0.4 is 5.73 Å². The summed E-state index contributed by atoms with van der Waals surface area (Å²) in [6.45, 7) is 6.85. The first kappa shape index (κ1) is 13.6. The number of aryl methyl sites for hydroxylation is 1. The van der Waals surface area contributed by atoms with Crippen LogP contribution in [0.5, 0.6) is 0 Å². The van der Waals surface area contributed by atoms with Gasteiger partial charge in [0.25, 0.3) is 0 Å². The zero-order chi connectivity index (χ0) is 13.0. The molecule has 1 aromatic rings. The van der Waals surface area contributed by atoms with Gasteiger partial charge in [-0.15, -0.1) is 0 Å². The topological polar surface area (TPSA) is 42.4 Å². The van der Waals surface area contributed by atoms with Gasteiger partial charge in [0.1, 0.15) is 11.5 Å². The Morgan fingerprint density at radius 2 is 2.06 bits per heavy atom. The second-order valence-electron chi connectivity index (χ2n) is 5.38. The van der Waals surface area contributed by atoms with E-state index in [9.17, 15) is 0 Å². The lowest BCUT2D eigenvalue weighted by atomic mass is 9.94. The first-order valence-corrected chi connectivity index (χ1v) is 7.27. The lowest BCUT2D eigenvalue weighted by molar-refractivity contribution is 0.145. The molecule has 1 aliphatic carbocycles. The SMILES string of the molecule is CCN(Cc1cc(C)c(CN)o1)C1CCCCC1. The van der Waals surface area contributed by atoms with Gasteiger partial charge in [-0.2, -0.15) is 0 Å². The molecule has 0 atom stereocenters. The van der Waals surface area contributed by atoms with Gasteiger partial charge >= 0.3 is 0 Å². The molecule has 3 nitrogen and oxygen atoms in total. The van der Waals surface area contributed by atoms with E-state index in [1.54, 1.807) is 0 Å². The number of furan rings is 1. The molecule has 0 unspecified atom stereocenters. The van der Waals surface area contributed by atoms with Crippen molar-refractivity contribution in [1.29, 1.82) is 0 Å². The van der Waals surface area contributed by atoms with Crippen LogP contribution in [0.25, 0.3) is 0 Å². The third kappa shape index (κ3) is 3.15. The maximum Gasteiger partial charge on any atom is 0.120 e. The minimum atomic E-state index is 0.501. The fourth-order valence-corrected chi connectivity index (χ4v) is 3.02. The van der Waals surface area contributed by atoms with Crippen LogP contribution >= 0.6 is 0 Å². The number of hydrogen-bond donors (Lipinski definition) is 1. The third-order valence-corrected chi connectivity index (χ3v) is 4.11. The Kier molecular flexibility index (Phi) is 4.84. The van der Waals surface area contributed by atoms with Crippen LogP contribution in [0.15, 0.2) is 10.5 Å². The molecule has 0 amide bonds. The van der Waals surface area contributed by atoms with E-state index >= 15 is 0 Å². The molecule has 2 rings (SSSR count). The van der Waals surface area contributed by atoms with Gasteiger partial charge < -0.3 is 10.2 Å². The summed E-state index contributed by atoms with van der Waals surface area (Å²) in [7, 11) is 0. The number of hydrogen-bond acceptors (Lipinski definition) is 3. The second kappa shape index (κ2) is 6.39. The second-order valence-corrected chi connectivity index (χ2v) is 5.38. The van der Waals surface area contributed by atoms with Gasteiger partial charge in [-0.05, 0) is 37.9 Å². The maximum absolute atomic E-state index is 5.82. The van der Waals surface area contributed by atoms with Crippen LogP contribution in [0.1, 0.15) is 56.1 Å². The van der Waals surface area contributed by atoms with Crippen LogP contribution in [-0.2, 0) is 13.1 Å². The minimum Gasteiger partial charge on any atom is -0.463 e. The minimum absolute atomic E-state index is 0.501. The van der Waals surface area contributed by atoms with E-state index < -0.39 is 0 Å². The van der Waals surface area contributed by atoms with E-state index in [0.717, 1.165) is 30.7 Å². The van der Waals surface area contributed by atoms with Crippen LogP contribution in [-0.4, -0.2) is 17.5 Å². The summed E-state index contributed by atoms with van der Waals surface area (Å²) in [6, 6.07) is 2.89. The van der Waals surface area contributed by atoms with Gasteiger partial charge in [-0.1, -0.05) is 26.2 Å². The highest BCUT2D eigenvalue weighted by Gasteiger charge is 2.21. The van der Waals surface area contributed by atoms with Crippen molar-refractivity contribution in [2.75, 3.05) is 6.54 Å². The Balaban J connectivity index is 2.00. The number of nitrogens with two attached hydrogens (primary N) is 1. The standard InChI is InChI=1S/C15H26N2O/c1-3-17(13-7-5-4-6-8-13)11-14-9-12(2)15(10-16)18-14/h9,13H,3-8,10-11,16H2,1-2H3. The Morgan fingerprint density at radius 1 is 1.33 bits per heavy atom. The molecule has 0 saturated heterocycles. The Labute approximate surface area is 110 Å². The third-order valence-electron chi connectivity index (χ3n) is 4.11. The molecule has 1 aliphatic rings. The zero-order valence-corrected chi connectivity index (χ0v) is 11.7. The van der Waals surface area contributed by atoms with Crippen molar-refractivity contribution in [2.45, 2.75) is 65.1 Å². The average molecular weight is 250 g/mol. The van der Waals surface area contributed by atoms with Crippen molar-refractivity contribution in [3.05, 3.63) is 23.2 Å². The van der Waals surface area contributed by atoms with Gasteiger partial charge in [-0.3, -0.25) is 4.90 Å². The molecule has 1 heterocycles. The smallest absolute Gasteiger partial charge is 0.120 e. The predicted molar refractivity (Wildman–Crippen MR) is 74.3 cm³/mol. The van der Waals surface area contributed by atoms with Gasteiger partial charge in [0.05, 0.1) is 13.1 Å². The molecule has 3 heteroatoms. The largest absolute Gasteiger partial charge is 0.463 e. The lowest BCUT2D eigenvalue weighted by Crippen LogP contribution is -2.35. The Hall–Kier alpha value is -0.800. The molecular weight excluding hydrogens is 224 g/mol. The predicted octanol–water partition coefficient (Wildman–Crippen LogP) is 3.20. The van der Waals surface area contributed by atoms with E-state index in [1.165, 1.54) is 37.7 Å². The van der Waals surface area contributed by atoms with E-state index in [2.05, 4.69) is 24.8 Å². The highest BCUT2D eigenvalue weighted by Crippen LogP contribution is 2.25. The summed E-state index contributed by atoms with van der Waals surface area (Å²) < 4.78 is 5.82. The molecule has 0 radical (unpaired) electrons. The molecule has 2 N–H and O–H groups in total. The van der Waals surface area contributed by atoms with E-state index in [1.807, 2.05) is 0 Å². The summed E-state index contributed by atoms with van der Waals surface area (Å²) in [5.74, 6) is 2.00. The fourth-order valence-electron chi connectivity index (χ4n) is 3.02. The zero-order valence-electron chi connectivity index (χ0n) is 11.7. The molecule has 1 saturated carbocycles. The molecule has 0 aliphatic heterocycles. The summed E-state index contributed by atoms with van der Waals surface area (Å²) >= 11 is 0. The number of nitrogens with zero attached hydrogens (tertiary/aromatic N) is 1. The summed E-state index contributed by atoms with van der Waals surface area (Å²) in [5.41, 5.74) is 6.85. The summed E-state index contributed by atoms with van der Waals surface area (Å²) in [4.78, 5) is 2.55. The molecule has 0 spiro atoms. The molecule has 1 aromatic heterocycles. The Morgan fingerprint density at radius 3 is 2.61 bits per heavy atom.